The lowest BCUT2D eigenvalue weighted by molar-refractivity contribution is 0.610. The van der Waals surface area contributed by atoms with E-state index in [-0.39, 0.29) is 11.6 Å². The van der Waals surface area contributed by atoms with Gasteiger partial charge in [0.2, 0.25) is 0 Å². The molecule has 0 amide bonds. The van der Waals surface area contributed by atoms with Crippen molar-refractivity contribution in [1.29, 1.82) is 0 Å². The molecule has 0 spiro atoms. The van der Waals surface area contributed by atoms with Gasteiger partial charge in [-0.2, -0.15) is 0 Å². The summed E-state index contributed by atoms with van der Waals surface area (Å²) in [4.78, 5) is 13.7. The molecule has 2 rings (SSSR count). The van der Waals surface area contributed by atoms with E-state index in [0.29, 0.717) is 9.79 Å². The zero-order valence-corrected chi connectivity index (χ0v) is 10.8. The van der Waals surface area contributed by atoms with E-state index < -0.39 is 0 Å². The molecule has 1 aromatic carbocycles. The van der Waals surface area contributed by atoms with Crippen LogP contribution in [0.2, 0.25) is 5.02 Å². The Morgan fingerprint density at radius 3 is 2.71 bits per heavy atom. The Kier molecular flexibility index (Phi) is 3.45. The summed E-state index contributed by atoms with van der Waals surface area (Å²) < 4.78 is 2.20. The normalized spacial score (nSPS) is 12.4. The first-order chi connectivity index (χ1) is 8.09. The van der Waals surface area contributed by atoms with Gasteiger partial charge in [-0.15, -0.1) is 0 Å². The predicted octanol–water partition coefficient (Wildman–Crippen LogP) is 3.17. The number of hydrogen-bond acceptors (Lipinski definition) is 2. The van der Waals surface area contributed by atoms with Crippen LogP contribution in [0, 0.1) is 4.77 Å². The van der Waals surface area contributed by atoms with E-state index in [2.05, 4.69) is 4.98 Å². The minimum absolute atomic E-state index is 0.0203. The number of aromatic nitrogens is 2. The molecule has 0 radical (unpaired) electrons. The highest BCUT2D eigenvalue weighted by Crippen LogP contribution is 2.25. The molecule has 1 unspecified atom stereocenters. The fourth-order valence-electron chi connectivity index (χ4n) is 1.70. The lowest BCUT2D eigenvalue weighted by atomic mass is 10.1. The molecule has 1 aromatic heterocycles. The average molecular weight is 267 g/mol. The van der Waals surface area contributed by atoms with Crippen LogP contribution in [0.1, 0.15) is 18.5 Å². The Labute approximate surface area is 109 Å². The standard InChI is InChI=1S/C12H11ClN2OS/c1-8(9-4-2-3-5-10(9)13)15-7-6-11(16)14-12(15)17/h2-8H,1H3,(H,14,16,17). The van der Waals surface area contributed by atoms with Crippen LogP contribution >= 0.6 is 23.8 Å². The average Bonchev–Trinajstić information content (AvgIpc) is 2.29. The summed E-state index contributed by atoms with van der Waals surface area (Å²) in [6.07, 6.45) is 1.68. The van der Waals surface area contributed by atoms with Crippen LogP contribution in [0.5, 0.6) is 0 Å². The smallest absolute Gasteiger partial charge is 0.251 e. The summed E-state index contributed by atoms with van der Waals surface area (Å²) in [6, 6.07) is 9.01. The maximum Gasteiger partial charge on any atom is 0.251 e. The van der Waals surface area contributed by atoms with Gasteiger partial charge >= 0.3 is 0 Å². The Morgan fingerprint density at radius 2 is 2.06 bits per heavy atom. The first-order valence-electron chi connectivity index (χ1n) is 5.15. The maximum absolute atomic E-state index is 11.1. The van der Waals surface area contributed by atoms with E-state index in [1.165, 1.54) is 6.07 Å². The molecule has 0 aliphatic heterocycles. The highest BCUT2D eigenvalue weighted by Gasteiger charge is 2.10. The molecule has 5 heteroatoms. The molecule has 3 nitrogen and oxygen atoms in total. The van der Waals surface area contributed by atoms with Crippen LogP contribution < -0.4 is 5.56 Å². The second-order valence-electron chi connectivity index (χ2n) is 3.71. The fourth-order valence-corrected chi connectivity index (χ4v) is 2.31. The number of benzene rings is 1. The fraction of sp³-hybridized carbons (Fsp3) is 0.167. The molecule has 0 aliphatic rings. The van der Waals surface area contributed by atoms with E-state index >= 15 is 0 Å². The number of nitrogens with one attached hydrogen (secondary N) is 1. The lowest BCUT2D eigenvalue weighted by Crippen LogP contribution is -2.15. The molecule has 17 heavy (non-hydrogen) atoms. The maximum atomic E-state index is 11.1. The van der Waals surface area contributed by atoms with Crippen LogP contribution in [-0.2, 0) is 0 Å². The second-order valence-corrected chi connectivity index (χ2v) is 4.51. The Hall–Kier alpha value is -1.39. The topological polar surface area (TPSA) is 37.8 Å². The quantitative estimate of drug-likeness (QED) is 0.848. The molecule has 0 saturated heterocycles. The first kappa shape index (κ1) is 12.1. The Morgan fingerprint density at radius 1 is 1.35 bits per heavy atom. The third-order valence-corrected chi connectivity index (χ3v) is 3.28. The van der Waals surface area contributed by atoms with Gasteiger partial charge in [0.1, 0.15) is 0 Å². The molecule has 2 aromatic rings. The van der Waals surface area contributed by atoms with Crippen LogP contribution in [0.15, 0.2) is 41.3 Å². The Bertz CT molecular complexity index is 647. The van der Waals surface area contributed by atoms with Crippen LogP contribution in [0.25, 0.3) is 0 Å². The summed E-state index contributed by atoms with van der Waals surface area (Å²) in [6.45, 7) is 1.98. The molecule has 0 aliphatic carbocycles. The number of H-pyrrole nitrogens is 1. The van der Waals surface area contributed by atoms with Crippen LogP contribution in [0.4, 0.5) is 0 Å². The van der Waals surface area contributed by atoms with Gasteiger partial charge in [0, 0.05) is 17.3 Å². The first-order valence-corrected chi connectivity index (χ1v) is 5.94. The zero-order valence-electron chi connectivity index (χ0n) is 9.18. The molecular formula is C12H11ClN2OS. The number of nitrogens with zero attached hydrogens (tertiary/aromatic N) is 1. The van der Waals surface area contributed by atoms with Gasteiger partial charge in [0.05, 0.1) is 6.04 Å². The van der Waals surface area contributed by atoms with Crippen molar-refractivity contribution in [3.8, 4) is 0 Å². The van der Waals surface area contributed by atoms with E-state index in [9.17, 15) is 4.79 Å². The molecule has 1 N–H and O–H groups in total. The minimum Gasteiger partial charge on any atom is -0.318 e. The van der Waals surface area contributed by atoms with Crippen molar-refractivity contribution < 1.29 is 0 Å². The van der Waals surface area contributed by atoms with Gasteiger partial charge in [-0.3, -0.25) is 9.78 Å². The summed E-state index contributed by atoms with van der Waals surface area (Å²) in [5.41, 5.74) is 0.773. The molecule has 88 valence electrons. The van der Waals surface area contributed by atoms with E-state index in [4.69, 9.17) is 23.8 Å². The summed E-state index contributed by atoms with van der Waals surface area (Å²) in [5, 5.41) is 0.688. The molecule has 0 fully saturated rings. The number of aromatic amines is 1. The van der Waals surface area contributed by atoms with Gasteiger partial charge in [-0.25, -0.2) is 0 Å². The molecule has 0 bridgehead atoms. The second kappa shape index (κ2) is 4.85. The van der Waals surface area contributed by atoms with Crippen molar-refractivity contribution in [3.63, 3.8) is 0 Å². The highest BCUT2D eigenvalue weighted by atomic mass is 35.5. The molecule has 0 saturated carbocycles. The van der Waals surface area contributed by atoms with Gasteiger partial charge in [0.15, 0.2) is 4.77 Å². The highest BCUT2D eigenvalue weighted by molar-refractivity contribution is 7.71. The van der Waals surface area contributed by atoms with Gasteiger partial charge in [0.25, 0.3) is 5.56 Å². The van der Waals surface area contributed by atoms with Gasteiger partial charge in [-0.05, 0) is 30.8 Å². The van der Waals surface area contributed by atoms with E-state index in [1.807, 2.05) is 31.2 Å². The van der Waals surface area contributed by atoms with E-state index in [0.717, 1.165) is 5.56 Å². The van der Waals surface area contributed by atoms with E-state index in [1.54, 1.807) is 10.8 Å². The number of hydrogen-bond donors (Lipinski definition) is 1. The number of rotatable bonds is 2. The summed E-state index contributed by atoms with van der Waals surface area (Å²) in [7, 11) is 0. The van der Waals surface area contributed by atoms with Crippen molar-refractivity contribution in [3.05, 3.63) is 62.2 Å². The zero-order chi connectivity index (χ0) is 12.4. The van der Waals surface area contributed by atoms with Crippen molar-refractivity contribution in [2.45, 2.75) is 13.0 Å². The van der Waals surface area contributed by atoms with Gasteiger partial charge < -0.3 is 4.57 Å². The van der Waals surface area contributed by atoms with Crippen molar-refractivity contribution in [1.82, 2.24) is 9.55 Å². The van der Waals surface area contributed by atoms with Crippen molar-refractivity contribution >= 4 is 23.8 Å². The van der Waals surface area contributed by atoms with Gasteiger partial charge in [-0.1, -0.05) is 29.8 Å². The third-order valence-electron chi connectivity index (χ3n) is 2.62. The van der Waals surface area contributed by atoms with Crippen molar-refractivity contribution in [2.75, 3.05) is 0 Å². The monoisotopic (exact) mass is 266 g/mol. The summed E-state index contributed by atoms with van der Waals surface area (Å²) >= 11 is 11.3. The van der Waals surface area contributed by atoms with Crippen molar-refractivity contribution in [2.24, 2.45) is 0 Å². The SMILES string of the molecule is CC(c1ccccc1Cl)n1ccc(=O)[nH]c1=S. The van der Waals surface area contributed by atoms with Crippen LogP contribution in [0.3, 0.4) is 0 Å². The predicted molar refractivity (Wildman–Crippen MR) is 71.2 cm³/mol. The molecular weight excluding hydrogens is 256 g/mol. The summed E-state index contributed by atoms with van der Waals surface area (Å²) in [5.74, 6) is 0. The lowest BCUT2D eigenvalue weighted by Gasteiger charge is -2.17. The number of halogens is 1. The largest absolute Gasteiger partial charge is 0.318 e. The Balaban J connectivity index is 2.51. The molecule has 1 heterocycles. The minimum atomic E-state index is -0.197. The third kappa shape index (κ3) is 2.48. The van der Waals surface area contributed by atoms with Crippen LogP contribution in [-0.4, -0.2) is 9.55 Å². The molecule has 1 atom stereocenters.